The van der Waals surface area contributed by atoms with Gasteiger partial charge in [-0.15, -0.1) is 0 Å². The Bertz CT molecular complexity index is 1490. The lowest BCUT2D eigenvalue weighted by Crippen LogP contribution is -2.36. The molecule has 0 bridgehead atoms. The number of aryl methyl sites for hydroxylation is 1. The Labute approximate surface area is 233 Å². The van der Waals surface area contributed by atoms with E-state index in [9.17, 15) is 19.2 Å². The summed E-state index contributed by atoms with van der Waals surface area (Å²) in [5.41, 5.74) is 2.91. The lowest BCUT2D eigenvalue weighted by molar-refractivity contribution is -0.127. The van der Waals surface area contributed by atoms with Gasteiger partial charge in [0, 0.05) is 5.69 Å². The number of nitrogens with zero attached hydrogens (tertiary/aromatic N) is 1. The number of hydrogen-bond donors (Lipinski definition) is 2. The number of carboxylic acids is 1. The van der Waals surface area contributed by atoms with Crippen molar-refractivity contribution in [3.05, 3.63) is 92.8 Å². The van der Waals surface area contributed by atoms with E-state index in [4.69, 9.17) is 26.2 Å². The molecule has 1 heterocycles. The molecule has 0 spiro atoms. The van der Waals surface area contributed by atoms with Crippen LogP contribution in [0.15, 0.2) is 65.6 Å². The van der Waals surface area contributed by atoms with Crippen LogP contribution in [0.2, 0.25) is 5.02 Å². The van der Waals surface area contributed by atoms with Crippen molar-refractivity contribution in [2.24, 2.45) is 0 Å². The molecule has 0 atom stereocenters. The molecular formula is C28H23ClN2O7S. The molecule has 3 aromatic rings. The Hall–Kier alpha value is -4.28. The second kappa shape index (κ2) is 12.1. The molecule has 2 N–H and O–H groups in total. The highest BCUT2D eigenvalue weighted by molar-refractivity contribution is 8.18. The van der Waals surface area contributed by atoms with Crippen LogP contribution in [0.1, 0.15) is 27.0 Å². The maximum atomic E-state index is 12.9. The van der Waals surface area contributed by atoms with Gasteiger partial charge in [-0.2, -0.15) is 0 Å². The summed E-state index contributed by atoms with van der Waals surface area (Å²) in [7, 11) is 1.44. The van der Waals surface area contributed by atoms with Crippen molar-refractivity contribution < 1.29 is 33.8 Å². The molecule has 0 unspecified atom stereocenters. The monoisotopic (exact) mass is 566 g/mol. The predicted molar refractivity (Wildman–Crippen MR) is 148 cm³/mol. The minimum atomic E-state index is -1.02. The van der Waals surface area contributed by atoms with E-state index >= 15 is 0 Å². The summed E-state index contributed by atoms with van der Waals surface area (Å²) in [5.74, 6) is -1.55. The van der Waals surface area contributed by atoms with Crippen LogP contribution in [-0.2, 0) is 16.2 Å². The summed E-state index contributed by atoms with van der Waals surface area (Å²) in [6, 6.07) is 16.6. The number of methoxy groups -OCH3 is 1. The molecule has 39 heavy (non-hydrogen) atoms. The van der Waals surface area contributed by atoms with E-state index in [0.29, 0.717) is 17.0 Å². The number of imide groups is 1. The zero-order chi connectivity index (χ0) is 28.1. The summed E-state index contributed by atoms with van der Waals surface area (Å²) < 4.78 is 11.2. The van der Waals surface area contributed by atoms with Crippen LogP contribution < -0.4 is 14.8 Å². The SMILES string of the molecule is COc1cc(/C=C2\SC(=O)N(CC(=O)Nc3cccc(C)c3)C2=O)cc(Cl)c1OCc1ccc(C(=O)O)cc1. The summed E-state index contributed by atoms with van der Waals surface area (Å²) in [4.78, 5) is 49.9. The van der Waals surface area contributed by atoms with Crippen molar-refractivity contribution in [3.8, 4) is 11.5 Å². The topological polar surface area (TPSA) is 122 Å². The number of anilines is 1. The average molecular weight is 567 g/mol. The second-order valence-electron chi connectivity index (χ2n) is 8.51. The number of nitrogens with one attached hydrogen (secondary N) is 1. The van der Waals surface area contributed by atoms with E-state index in [2.05, 4.69) is 5.32 Å². The van der Waals surface area contributed by atoms with Crippen molar-refractivity contribution >= 4 is 58.1 Å². The fourth-order valence-corrected chi connectivity index (χ4v) is 4.83. The van der Waals surface area contributed by atoms with Gasteiger partial charge in [0.2, 0.25) is 5.91 Å². The van der Waals surface area contributed by atoms with Gasteiger partial charge in [-0.05, 0) is 77.9 Å². The molecule has 1 saturated heterocycles. The van der Waals surface area contributed by atoms with Crippen LogP contribution in [0.5, 0.6) is 11.5 Å². The fourth-order valence-electron chi connectivity index (χ4n) is 3.72. The zero-order valence-electron chi connectivity index (χ0n) is 20.9. The summed E-state index contributed by atoms with van der Waals surface area (Å²) >= 11 is 7.17. The number of aromatic carboxylic acids is 1. The molecule has 11 heteroatoms. The average Bonchev–Trinajstić information content (AvgIpc) is 3.15. The number of carboxylic acid groups (broad SMARTS) is 1. The largest absolute Gasteiger partial charge is 0.493 e. The van der Waals surface area contributed by atoms with E-state index < -0.39 is 29.6 Å². The molecule has 0 saturated carbocycles. The molecule has 3 amide bonds. The van der Waals surface area contributed by atoms with Gasteiger partial charge in [0.25, 0.3) is 11.1 Å². The van der Waals surface area contributed by atoms with E-state index in [0.717, 1.165) is 27.8 Å². The summed E-state index contributed by atoms with van der Waals surface area (Å²) in [6.45, 7) is 1.58. The number of ether oxygens (including phenoxy) is 2. The zero-order valence-corrected chi connectivity index (χ0v) is 22.5. The minimum Gasteiger partial charge on any atom is -0.493 e. The second-order valence-corrected chi connectivity index (χ2v) is 9.91. The fraction of sp³-hybridized carbons (Fsp3) is 0.143. The first-order valence-corrected chi connectivity index (χ1v) is 12.8. The third-order valence-corrected chi connectivity index (χ3v) is 6.80. The number of hydrogen-bond acceptors (Lipinski definition) is 7. The van der Waals surface area contributed by atoms with Gasteiger partial charge in [-0.3, -0.25) is 19.3 Å². The van der Waals surface area contributed by atoms with Crippen molar-refractivity contribution in [1.29, 1.82) is 0 Å². The molecule has 3 aromatic carbocycles. The Morgan fingerprint density at radius 3 is 2.51 bits per heavy atom. The molecular weight excluding hydrogens is 544 g/mol. The van der Waals surface area contributed by atoms with Gasteiger partial charge in [0.05, 0.1) is 22.6 Å². The minimum absolute atomic E-state index is 0.110. The summed E-state index contributed by atoms with van der Waals surface area (Å²) in [5, 5.41) is 11.4. The number of thioether (sulfide) groups is 1. The Morgan fingerprint density at radius 1 is 1.10 bits per heavy atom. The van der Waals surface area contributed by atoms with Crippen LogP contribution in [-0.4, -0.2) is 46.7 Å². The highest BCUT2D eigenvalue weighted by Gasteiger charge is 2.36. The predicted octanol–water partition coefficient (Wildman–Crippen LogP) is 5.61. The van der Waals surface area contributed by atoms with Crippen molar-refractivity contribution in [2.45, 2.75) is 13.5 Å². The number of halogens is 1. The van der Waals surface area contributed by atoms with Crippen molar-refractivity contribution in [1.82, 2.24) is 4.90 Å². The lowest BCUT2D eigenvalue weighted by Gasteiger charge is -2.14. The maximum absolute atomic E-state index is 12.9. The highest BCUT2D eigenvalue weighted by Crippen LogP contribution is 2.39. The van der Waals surface area contributed by atoms with E-state index in [1.807, 2.05) is 13.0 Å². The van der Waals surface area contributed by atoms with Crippen LogP contribution in [0.4, 0.5) is 10.5 Å². The molecule has 0 aromatic heterocycles. The van der Waals surface area contributed by atoms with Gasteiger partial charge in [-0.1, -0.05) is 35.9 Å². The number of rotatable bonds is 9. The van der Waals surface area contributed by atoms with Crippen molar-refractivity contribution in [3.63, 3.8) is 0 Å². The third-order valence-electron chi connectivity index (χ3n) is 5.61. The van der Waals surface area contributed by atoms with Gasteiger partial charge >= 0.3 is 5.97 Å². The molecule has 1 fully saturated rings. The molecule has 9 nitrogen and oxygen atoms in total. The molecule has 200 valence electrons. The highest BCUT2D eigenvalue weighted by atomic mass is 35.5. The standard InChI is InChI=1S/C28H23ClN2O7S/c1-16-4-3-5-20(10-16)30-24(32)14-31-26(33)23(39-28(31)36)13-18-11-21(29)25(22(12-18)37-2)38-15-17-6-8-19(9-7-17)27(34)35/h3-13H,14-15H2,1-2H3,(H,30,32)(H,34,35)/b23-13-. The first-order valence-electron chi connectivity index (χ1n) is 11.6. The quantitative estimate of drug-likeness (QED) is 0.320. The van der Waals surface area contributed by atoms with Crippen LogP contribution in [0.25, 0.3) is 6.08 Å². The van der Waals surface area contributed by atoms with Crippen LogP contribution >= 0.6 is 23.4 Å². The smallest absolute Gasteiger partial charge is 0.335 e. The summed E-state index contributed by atoms with van der Waals surface area (Å²) in [6.07, 6.45) is 1.49. The Morgan fingerprint density at radius 2 is 1.85 bits per heavy atom. The molecule has 0 aliphatic carbocycles. The lowest BCUT2D eigenvalue weighted by atomic mass is 10.1. The molecule has 4 rings (SSSR count). The molecule has 1 aliphatic heterocycles. The first-order chi connectivity index (χ1) is 18.6. The number of carbonyl (C=O) groups is 4. The number of benzene rings is 3. The molecule has 0 radical (unpaired) electrons. The van der Waals surface area contributed by atoms with Crippen LogP contribution in [0.3, 0.4) is 0 Å². The van der Waals surface area contributed by atoms with E-state index in [1.165, 1.54) is 25.3 Å². The number of amides is 3. The van der Waals surface area contributed by atoms with Gasteiger partial charge in [-0.25, -0.2) is 4.79 Å². The van der Waals surface area contributed by atoms with E-state index in [-0.39, 0.29) is 27.8 Å². The third kappa shape index (κ3) is 6.78. The Kier molecular flexibility index (Phi) is 8.58. The van der Waals surface area contributed by atoms with E-state index in [1.54, 1.807) is 42.5 Å². The first kappa shape index (κ1) is 27.7. The molecule has 1 aliphatic rings. The Balaban J connectivity index is 1.45. The van der Waals surface area contributed by atoms with Crippen LogP contribution in [0, 0.1) is 6.92 Å². The van der Waals surface area contributed by atoms with Gasteiger partial charge < -0.3 is 19.9 Å². The van der Waals surface area contributed by atoms with Gasteiger partial charge in [0.1, 0.15) is 13.2 Å². The van der Waals surface area contributed by atoms with Crippen molar-refractivity contribution in [2.75, 3.05) is 19.0 Å². The number of carbonyl (C=O) groups excluding carboxylic acids is 3. The maximum Gasteiger partial charge on any atom is 0.335 e. The normalized spacial score (nSPS) is 14.0. The van der Waals surface area contributed by atoms with Gasteiger partial charge in [0.15, 0.2) is 11.5 Å².